The SMILES string of the molecule is COC(CCC(=O)c1cc(C)ccn1)OC. The molecule has 0 radical (unpaired) electrons. The van der Waals surface area contributed by atoms with Crippen LogP contribution in [0.1, 0.15) is 28.9 Å². The first-order valence-corrected chi connectivity index (χ1v) is 5.18. The molecule has 0 spiro atoms. The first-order valence-electron chi connectivity index (χ1n) is 5.18. The third-order valence-electron chi connectivity index (χ3n) is 2.33. The Morgan fingerprint density at radius 3 is 2.69 bits per heavy atom. The van der Waals surface area contributed by atoms with E-state index in [1.165, 1.54) is 0 Å². The van der Waals surface area contributed by atoms with Crippen LogP contribution < -0.4 is 0 Å². The third-order valence-corrected chi connectivity index (χ3v) is 2.33. The van der Waals surface area contributed by atoms with Gasteiger partial charge in [-0.15, -0.1) is 0 Å². The summed E-state index contributed by atoms with van der Waals surface area (Å²) in [4.78, 5) is 15.8. The van der Waals surface area contributed by atoms with Gasteiger partial charge in [0.1, 0.15) is 5.69 Å². The number of pyridine rings is 1. The molecule has 0 N–H and O–H groups in total. The lowest BCUT2D eigenvalue weighted by atomic mass is 10.1. The molecule has 1 aromatic rings. The number of hydrogen-bond donors (Lipinski definition) is 0. The summed E-state index contributed by atoms with van der Waals surface area (Å²) in [6.07, 6.45) is 2.24. The molecule has 88 valence electrons. The number of aromatic nitrogens is 1. The van der Waals surface area contributed by atoms with Gasteiger partial charge in [0.05, 0.1) is 0 Å². The molecule has 0 unspecified atom stereocenters. The molecule has 0 aliphatic carbocycles. The lowest BCUT2D eigenvalue weighted by Gasteiger charge is -2.12. The van der Waals surface area contributed by atoms with E-state index in [-0.39, 0.29) is 12.1 Å². The fraction of sp³-hybridized carbons (Fsp3) is 0.500. The normalized spacial score (nSPS) is 10.8. The van der Waals surface area contributed by atoms with Crippen LogP contribution in [-0.2, 0) is 9.47 Å². The van der Waals surface area contributed by atoms with Crippen molar-refractivity contribution in [2.75, 3.05) is 14.2 Å². The summed E-state index contributed by atoms with van der Waals surface area (Å²) in [5.74, 6) is 0.0165. The summed E-state index contributed by atoms with van der Waals surface area (Å²) in [6, 6.07) is 3.65. The zero-order chi connectivity index (χ0) is 12.0. The topological polar surface area (TPSA) is 48.4 Å². The molecule has 1 aromatic heterocycles. The van der Waals surface area contributed by atoms with Gasteiger partial charge in [-0.25, -0.2) is 0 Å². The van der Waals surface area contributed by atoms with Gasteiger partial charge in [-0.05, 0) is 24.6 Å². The first-order chi connectivity index (χ1) is 7.67. The van der Waals surface area contributed by atoms with E-state index in [1.807, 2.05) is 13.0 Å². The molecule has 1 heterocycles. The summed E-state index contributed by atoms with van der Waals surface area (Å²) >= 11 is 0. The van der Waals surface area contributed by atoms with Crippen molar-refractivity contribution in [2.45, 2.75) is 26.1 Å². The number of ether oxygens (including phenoxy) is 2. The van der Waals surface area contributed by atoms with Crippen molar-refractivity contribution in [3.05, 3.63) is 29.6 Å². The van der Waals surface area contributed by atoms with E-state index in [1.54, 1.807) is 26.5 Å². The first kappa shape index (κ1) is 12.8. The number of nitrogens with zero attached hydrogens (tertiary/aromatic N) is 1. The van der Waals surface area contributed by atoms with Crippen molar-refractivity contribution >= 4 is 5.78 Å². The summed E-state index contributed by atoms with van der Waals surface area (Å²) in [5, 5.41) is 0. The Bertz CT molecular complexity index is 348. The Kier molecular flexibility index (Phi) is 5.08. The van der Waals surface area contributed by atoms with Gasteiger partial charge in [-0.1, -0.05) is 0 Å². The highest BCUT2D eigenvalue weighted by Crippen LogP contribution is 2.08. The van der Waals surface area contributed by atoms with E-state index in [9.17, 15) is 4.79 Å². The Hall–Kier alpha value is -1.26. The van der Waals surface area contributed by atoms with Crippen LogP contribution in [0, 0.1) is 6.92 Å². The zero-order valence-electron chi connectivity index (χ0n) is 9.90. The highest BCUT2D eigenvalue weighted by atomic mass is 16.7. The monoisotopic (exact) mass is 223 g/mol. The zero-order valence-corrected chi connectivity index (χ0v) is 9.90. The lowest BCUT2D eigenvalue weighted by Crippen LogP contribution is -2.15. The molecule has 0 fully saturated rings. The van der Waals surface area contributed by atoms with Crippen LogP contribution in [0.3, 0.4) is 0 Å². The number of methoxy groups -OCH3 is 2. The fourth-order valence-electron chi connectivity index (χ4n) is 1.40. The van der Waals surface area contributed by atoms with Crippen LogP contribution in [0.5, 0.6) is 0 Å². The van der Waals surface area contributed by atoms with E-state index in [0.29, 0.717) is 18.5 Å². The molecule has 0 bridgehead atoms. The molecule has 0 saturated carbocycles. The number of aryl methyl sites for hydroxylation is 1. The minimum Gasteiger partial charge on any atom is -0.356 e. The maximum absolute atomic E-state index is 11.8. The van der Waals surface area contributed by atoms with Gasteiger partial charge in [0, 0.05) is 33.3 Å². The maximum Gasteiger partial charge on any atom is 0.181 e. The van der Waals surface area contributed by atoms with Crippen LogP contribution in [0.2, 0.25) is 0 Å². The molecule has 0 aliphatic heterocycles. The minimum absolute atomic E-state index is 0.0165. The fourth-order valence-corrected chi connectivity index (χ4v) is 1.40. The van der Waals surface area contributed by atoms with Crippen LogP contribution in [0.25, 0.3) is 0 Å². The molecular formula is C12H17NO3. The molecule has 4 nitrogen and oxygen atoms in total. The second kappa shape index (κ2) is 6.35. The second-order valence-electron chi connectivity index (χ2n) is 3.58. The smallest absolute Gasteiger partial charge is 0.181 e. The number of carbonyl (C=O) groups excluding carboxylic acids is 1. The van der Waals surface area contributed by atoms with Crippen LogP contribution in [0.4, 0.5) is 0 Å². The van der Waals surface area contributed by atoms with E-state index in [4.69, 9.17) is 9.47 Å². The average Bonchev–Trinajstić information content (AvgIpc) is 2.30. The predicted octanol–water partition coefficient (Wildman–Crippen LogP) is 1.97. The molecule has 0 aromatic carbocycles. The van der Waals surface area contributed by atoms with Gasteiger partial charge in [0.15, 0.2) is 12.1 Å². The minimum atomic E-state index is -0.325. The average molecular weight is 223 g/mol. The van der Waals surface area contributed by atoms with Gasteiger partial charge >= 0.3 is 0 Å². The summed E-state index contributed by atoms with van der Waals surface area (Å²) in [7, 11) is 3.12. The van der Waals surface area contributed by atoms with Gasteiger partial charge in [0.2, 0.25) is 0 Å². The Morgan fingerprint density at radius 1 is 1.44 bits per heavy atom. The predicted molar refractivity (Wildman–Crippen MR) is 60.3 cm³/mol. The number of rotatable bonds is 6. The Morgan fingerprint density at radius 2 is 2.12 bits per heavy atom. The Labute approximate surface area is 95.6 Å². The van der Waals surface area contributed by atoms with Crippen molar-refractivity contribution in [2.24, 2.45) is 0 Å². The summed E-state index contributed by atoms with van der Waals surface area (Å²) in [6.45, 7) is 1.94. The third kappa shape index (κ3) is 3.72. The number of Topliss-reactive ketones (excluding diaryl/α,β-unsaturated/α-hetero) is 1. The van der Waals surface area contributed by atoms with Crippen molar-refractivity contribution in [1.82, 2.24) is 4.98 Å². The molecule has 1 rings (SSSR count). The van der Waals surface area contributed by atoms with Crippen LogP contribution in [-0.4, -0.2) is 31.3 Å². The molecule has 4 heteroatoms. The van der Waals surface area contributed by atoms with Crippen molar-refractivity contribution in [1.29, 1.82) is 0 Å². The summed E-state index contributed by atoms with van der Waals surface area (Å²) in [5.41, 5.74) is 1.54. The van der Waals surface area contributed by atoms with Gasteiger partial charge < -0.3 is 9.47 Å². The van der Waals surface area contributed by atoms with Gasteiger partial charge in [-0.2, -0.15) is 0 Å². The molecule has 0 amide bonds. The van der Waals surface area contributed by atoms with Crippen molar-refractivity contribution in [3.8, 4) is 0 Å². The van der Waals surface area contributed by atoms with E-state index >= 15 is 0 Å². The van der Waals surface area contributed by atoms with E-state index < -0.39 is 0 Å². The van der Waals surface area contributed by atoms with Crippen molar-refractivity contribution in [3.63, 3.8) is 0 Å². The quantitative estimate of drug-likeness (QED) is 0.546. The molecule has 16 heavy (non-hydrogen) atoms. The molecular weight excluding hydrogens is 206 g/mol. The lowest BCUT2D eigenvalue weighted by molar-refractivity contribution is -0.105. The number of ketones is 1. The highest BCUT2D eigenvalue weighted by Gasteiger charge is 2.11. The highest BCUT2D eigenvalue weighted by molar-refractivity contribution is 5.94. The van der Waals surface area contributed by atoms with Crippen molar-refractivity contribution < 1.29 is 14.3 Å². The van der Waals surface area contributed by atoms with Crippen LogP contribution >= 0.6 is 0 Å². The molecule has 0 atom stereocenters. The van der Waals surface area contributed by atoms with Crippen LogP contribution in [0.15, 0.2) is 18.3 Å². The number of carbonyl (C=O) groups is 1. The standard InChI is InChI=1S/C12H17NO3/c1-9-6-7-13-10(8-9)11(14)4-5-12(15-2)16-3/h6-8,12H,4-5H2,1-3H3. The van der Waals surface area contributed by atoms with Gasteiger partial charge in [-0.3, -0.25) is 9.78 Å². The Balaban J connectivity index is 2.52. The molecule has 0 saturated heterocycles. The second-order valence-corrected chi connectivity index (χ2v) is 3.58. The largest absolute Gasteiger partial charge is 0.356 e. The maximum atomic E-state index is 11.8. The van der Waals surface area contributed by atoms with Gasteiger partial charge in [0.25, 0.3) is 0 Å². The van der Waals surface area contributed by atoms with E-state index in [0.717, 1.165) is 5.56 Å². The van der Waals surface area contributed by atoms with E-state index in [2.05, 4.69) is 4.98 Å². The summed E-state index contributed by atoms with van der Waals surface area (Å²) < 4.78 is 10.0. The number of hydrogen-bond acceptors (Lipinski definition) is 4. The molecule has 0 aliphatic rings.